The summed E-state index contributed by atoms with van der Waals surface area (Å²) < 4.78 is 28.6. The standard InChI is InChI=1S/C15H15N5O4S/c1-25(23,24)19-12-8-9(13-14(21)18-15(22)17-13)6-7-20(12)11-4-2-10(16)3-5-11/h2-8,21H,16H2,1H3,(H2,17,18,22). The molecule has 130 valence electrons. The van der Waals surface area contributed by atoms with Gasteiger partial charge in [0, 0.05) is 23.1 Å². The Morgan fingerprint density at radius 2 is 1.84 bits per heavy atom. The highest BCUT2D eigenvalue weighted by Crippen LogP contribution is 2.22. The number of hydrogen-bond acceptors (Lipinski definition) is 5. The normalized spacial score (nSPS) is 12.4. The molecule has 3 aromatic rings. The van der Waals surface area contributed by atoms with Crippen LogP contribution in [0.5, 0.6) is 5.88 Å². The zero-order chi connectivity index (χ0) is 18.2. The largest absolute Gasteiger partial charge is 0.493 e. The number of aromatic amines is 2. The molecule has 2 aromatic heterocycles. The van der Waals surface area contributed by atoms with Crippen LogP contribution >= 0.6 is 0 Å². The van der Waals surface area contributed by atoms with Crippen LogP contribution in [0.15, 0.2) is 51.8 Å². The summed E-state index contributed by atoms with van der Waals surface area (Å²) in [6, 6.07) is 9.83. The first-order chi connectivity index (χ1) is 11.7. The number of rotatable bonds is 3. The minimum Gasteiger partial charge on any atom is -0.493 e. The number of nitrogens with zero attached hydrogens (tertiary/aromatic N) is 2. The van der Waals surface area contributed by atoms with Gasteiger partial charge in [-0.25, -0.2) is 13.2 Å². The summed E-state index contributed by atoms with van der Waals surface area (Å²) >= 11 is 0. The van der Waals surface area contributed by atoms with E-state index in [1.807, 2.05) is 0 Å². The van der Waals surface area contributed by atoms with Gasteiger partial charge in [-0.1, -0.05) is 0 Å². The van der Waals surface area contributed by atoms with Gasteiger partial charge in [-0.05, 0) is 36.4 Å². The number of sulfonamides is 1. The predicted molar refractivity (Wildman–Crippen MR) is 92.7 cm³/mol. The van der Waals surface area contributed by atoms with Crippen molar-refractivity contribution in [1.29, 1.82) is 0 Å². The number of nitrogens with two attached hydrogens (primary N) is 1. The maximum absolute atomic E-state index is 11.6. The van der Waals surface area contributed by atoms with Crippen LogP contribution in [0, 0.1) is 0 Å². The number of aromatic hydroxyl groups is 1. The van der Waals surface area contributed by atoms with E-state index in [9.17, 15) is 18.3 Å². The molecule has 0 aliphatic rings. The number of H-pyrrole nitrogens is 2. The van der Waals surface area contributed by atoms with E-state index in [1.165, 1.54) is 6.07 Å². The molecule has 0 bridgehead atoms. The lowest BCUT2D eigenvalue weighted by Gasteiger charge is -2.09. The van der Waals surface area contributed by atoms with Crippen molar-refractivity contribution in [3.05, 3.63) is 58.6 Å². The Bertz CT molecular complexity index is 1150. The third-order valence-electron chi connectivity index (χ3n) is 3.36. The Balaban J connectivity index is 2.27. The van der Waals surface area contributed by atoms with Crippen LogP contribution in [0.25, 0.3) is 16.9 Å². The van der Waals surface area contributed by atoms with Crippen molar-refractivity contribution in [2.24, 2.45) is 4.40 Å². The van der Waals surface area contributed by atoms with Gasteiger partial charge < -0.3 is 20.4 Å². The molecule has 25 heavy (non-hydrogen) atoms. The fraction of sp³-hybridized carbons (Fsp3) is 0.0667. The van der Waals surface area contributed by atoms with Gasteiger partial charge in [0.2, 0.25) is 5.88 Å². The van der Waals surface area contributed by atoms with Gasteiger partial charge in [0.1, 0.15) is 5.69 Å². The number of benzene rings is 1. The van der Waals surface area contributed by atoms with Crippen molar-refractivity contribution in [3.63, 3.8) is 0 Å². The lowest BCUT2D eigenvalue weighted by Crippen LogP contribution is -2.20. The second-order valence-corrected chi connectivity index (χ2v) is 7.01. The molecule has 0 saturated heterocycles. The van der Waals surface area contributed by atoms with Crippen LogP contribution in [-0.4, -0.2) is 34.3 Å². The van der Waals surface area contributed by atoms with Gasteiger partial charge in [-0.3, -0.25) is 4.98 Å². The second kappa shape index (κ2) is 5.98. The van der Waals surface area contributed by atoms with Crippen molar-refractivity contribution in [2.45, 2.75) is 0 Å². The Hall–Kier alpha value is -3.27. The Kier molecular flexibility index (Phi) is 3.97. The van der Waals surface area contributed by atoms with E-state index in [4.69, 9.17) is 5.73 Å². The summed E-state index contributed by atoms with van der Waals surface area (Å²) in [7, 11) is -3.68. The Morgan fingerprint density at radius 3 is 2.40 bits per heavy atom. The first-order valence-corrected chi connectivity index (χ1v) is 8.94. The first kappa shape index (κ1) is 16.6. The van der Waals surface area contributed by atoms with Gasteiger partial charge in [-0.15, -0.1) is 4.40 Å². The van der Waals surface area contributed by atoms with Gasteiger partial charge in [0.05, 0.1) is 6.26 Å². The van der Waals surface area contributed by atoms with E-state index in [0.717, 1.165) is 6.26 Å². The van der Waals surface area contributed by atoms with Gasteiger partial charge in [-0.2, -0.15) is 0 Å². The van der Waals surface area contributed by atoms with E-state index >= 15 is 0 Å². The van der Waals surface area contributed by atoms with Crippen LogP contribution in [0.3, 0.4) is 0 Å². The molecular formula is C15H15N5O4S. The molecular weight excluding hydrogens is 346 g/mol. The predicted octanol–water partition coefficient (Wildman–Crippen LogP) is 0.309. The molecule has 10 heteroatoms. The van der Waals surface area contributed by atoms with E-state index in [2.05, 4.69) is 14.4 Å². The molecule has 0 radical (unpaired) electrons. The zero-order valence-electron chi connectivity index (χ0n) is 13.1. The molecule has 0 amide bonds. The maximum Gasteiger partial charge on any atom is 0.326 e. The fourth-order valence-electron chi connectivity index (χ4n) is 2.32. The number of pyridine rings is 1. The molecule has 0 spiro atoms. The van der Waals surface area contributed by atoms with Crippen molar-refractivity contribution < 1.29 is 13.5 Å². The summed E-state index contributed by atoms with van der Waals surface area (Å²) in [5.41, 5.74) is 6.94. The number of anilines is 1. The van der Waals surface area contributed by atoms with Crippen molar-refractivity contribution >= 4 is 15.7 Å². The SMILES string of the molecule is CS(=O)(=O)N=c1cc(-c2[nH]c(=O)[nH]c2O)ccn1-c1ccc(N)cc1. The van der Waals surface area contributed by atoms with Crippen LogP contribution in [0.2, 0.25) is 0 Å². The highest BCUT2D eigenvalue weighted by atomic mass is 32.2. The van der Waals surface area contributed by atoms with Crippen molar-refractivity contribution in [3.8, 4) is 22.8 Å². The summed E-state index contributed by atoms with van der Waals surface area (Å²) in [6.07, 6.45) is 2.55. The third-order valence-corrected chi connectivity index (χ3v) is 3.88. The summed E-state index contributed by atoms with van der Waals surface area (Å²) in [4.78, 5) is 16.0. The van der Waals surface area contributed by atoms with Crippen molar-refractivity contribution in [2.75, 3.05) is 12.0 Å². The molecule has 9 nitrogen and oxygen atoms in total. The van der Waals surface area contributed by atoms with Gasteiger partial charge in [0.15, 0.2) is 5.49 Å². The fourth-order valence-corrected chi connectivity index (χ4v) is 2.80. The molecule has 0 fully saturated rings. The second-order valence-electron chi connectivity index (χ2n) is 5.36. The topological polar surface area (TPSA) is 146 Å². The zero-order valence-corrected chi connectivity index (χ0v) is 13.9. The first-order valence-electron chi connectivity index (χ1n) is 7.09. The average molecular weight is 361 g/mol. The molecule has 0 unspecified atom stereocenters. The van der Waals surface area contributed by atoms with Gasteiger partial charge >= 0.3 is 5.69 Å². The molecule has 0 aliphatic heterocycles. The lowest BCUT2D eigenvalue weighted by atomic mass is 10.2. The van der Waals surface area contributed by atoms with Crippen LogP contribution < -0.4 is 16.9 Å². The molecule has 0 saturated carbocycles. The van der Waals surface area contributed by atoms with E-state index in [0.29, 0.717) is 16.9 Å². The smallest absolute Gasteiger partial charge is 0.326 e. The van der Waals surface area contributed by atoms with Gasteiger partial charge in [0.25, 0.3) is 10.0 Å². The van der Waals surface area contributed by atoms with E-state index in [-0.39, 0.29) is 17.1 Å². The third kappa shape index (κ3) is 3.63. The van der Waals surface area contributed by atoms with E-state index in [1.54, 1.807) is 41.1 Å². The molecule has 2 heterocycles. The highest BCUT2D eigenvalue weighted by Gasteiger charge is 2.11. The Labute approximate surface area is 142 Å². The van der Waals surface area contributed by atoms with Crippen LogP contribution in [0.4, 0.5) is 5.69 Å². The molecule has 1 aromatic carbocycles. The number of aromatic nitrogens is 3. The summed E-state index contributed by atoms with van der Waals surface area (Å²) in [5.74, 6) is -0.347. The molecule has 5 N–H and O–H groups in total. The van der Waals surface area contributed by atoms with Crippen molar-refractivity contribution in [1.82, 2.24) is 14.5 Å². The lowest BCUT2D eigenvalue weighted by molar-refractivity contribution is 0.457. The molecule has 3 rings (SSSR count). The number of nitrogen functional groups attached to an aromatic ring is 1. The van der Waals surface area contributed by atoms with Crippen LogP contribution in [-0.2, 0) is 10.0 Å². The number of nitrogens with one attached hydrogen (secondary N) is 2. The minimum atomic E-state index is -3.68. The van der Waals surface area contributed by atoms with Crippen LogP contribution in [0.1, 0.15) is 0 Å². The maximum atomic E-state index is 11.6. The Morgan fingerprint density at radius 1 is 1.16 bits per heavy atom. The summed E-state index contributed by atoms with van der Waals surface area (Å²) in [5, 5.41) is 9.77. The quantitative estimate of drug-likeness (QED) is 0.496. The minimum absolute atomic E-state index is 0.103. The number of imidazole rings is 1. The monoisotopic (exact) mass is 361 g/mol. The van der Waals surface area contributed by atoms with E-state index < -0.39 is 15.7 Å². The molecule has 0 atom stereocenters. The average Bonchev–Trinajstić information content (AvgIpc) is 2.85. The highest BCUT2D eigenvalue weighted by molar-refractivity contribution is 7.89. The molecule has 0 aliphatic carbocycles. The number of hydrogen-bond donors (Lipinski definition) is 4. The summed E-state index contributed by atoms with van der Waals surface area (Å²) in [6.45, 7) is 0.